The molecule has 1 atom stereocenters. The highest BCUT2D eigenvalue weighted by Crippen LogP contribution is 2.35. The number of carbonyl (C=O) groups excluding carboxylic acids is 1. The van der Waals surface area contributed by atoms with Gasteiger partial charge in [0.15, 0.2) is 11.6 Å². The summed E-state index contributed by atoms with van der Waals surface area (Å²) in [6, 6.07) is 15.3. The highest BCUT2D eigenvalue weighted by molar-refractivity contribution is 6.30. The molecule has 35 heavy (non-hydrogen) atoms. The van der Waals surface area contributed by atoms with Crippen LogP contribution in [0.1, 0.15) is 47.4 Å². The summed E-state index contributed by atoms with van der Waals surface area (Å²) in [5.74, 6) is 2.15. The lowest BCUT2D eigenvalue weighted by Gasteiger charge is -2.25. The van der Waals surface area contributed by atoms with Gasteiger partial charge >= 0.3 is 6.03 Å². The van der Waals surface area contributed by atoms with Crippen LogP contribution in [0.3, 0.4) is 0 Å². The van der Waals surface area contributed by atoms with Crippen molar-refractivity contribution in [3.8, 4) is 11.3 Å². The SMILES string of the molecule is Cc1cccc(-c2noc(C)c2NC(=O)N2CCCC2c2nnc(C)n2Cc2ccc(Cl)cc2)c1. The Bertz CT molecular complexity index is 1360. The minimum atomic E-state index is -0.202. The number of anilines is 1. The molecule has 1 aliphatic rings. The number of nitrogens with zero attached hydrogens (tertiary/aromatic N) is 5. The van der Waals surface area contributed by atoms with Crippen molar-refractivity contribution in [1.82, 2.24) is 24.8 Å². The zero-order valence-corrected chi connectivity index (χ0v) is 20.7. The topological polar surface area (TPSA) is 89.1 Å². The van der Waals surface area contributed by atoms with Crippen LogP contribution in [0.15, 0.2) is 53.1 Å². The molecule has 0 bridgehead atoms. The Morgan fingerprint density at radius 2 is 1.94 bits per heavy atom. The number of hydrogen-bond donors (Lipinski definition) is 1. The van der Waals surface area contributed by atoms with E-state index in [-0.39, 0.29) is 12.1 Å². The molecule has 0 saturated carbocycles. The Morgan fingerprint density at radius 1 is 1.14 bits per heavy atom. The zero-order valence-electron chi connectivity index (χ0n) is 20.0. The second-order valence-electron chi connectivity index (χ2n) is 8.93. The highest BCUT2D eigenvalue weighted by atomic mass is 35.5. The fourth-order valence-electron chi connectivity index (χ4n) is 4.58. The first-order chi connectivity index (χ1) is 16.9. The number of nitrogens with one attached hydrogen (secondary N) is 1. The first-order valence-electron chi connectivity index (χ1n) is 11.7. The first kappa shape index (κ1) is 23.1. The van der Waals surface area contributed by atoms with Gasteiger partial charge < -0.3 is 19.3 Å². The summed E-state index contributed by atoms with van der Waals surface area (Å²) in [5.41, 5.74) is 4.31. The van der Waals surface area contributed by atoms with E-state index < -0.39 is 0 Å². The van der Waals surface area contributed by atoms with Crippen LogP contribution in [0.5, 0.6) is 0 Å². The van der Waals surface area contributed by atoms with Crippen molar-refractivity contribution in [3.63, 3.8) is 0 Å². The number of benzene rings is 2. The smallest absolute Gasteiger partial charge is 0.322 e. The van der Waals surface area contributed by atoms with Crippen LogP contribution in [0.4, 0.5) is 10.5 Å². The summed E-state index contributed by atoms with van der Waals surface area (Å²) in [6.07, 6.45) is 1.71. The van der Waals surface area contributed by atoms with Crippen molar-refractivity contribution in [3.05, 3.63) is 82.1 Å². The van der Waals surface area contributed by atoms with Crippen LogP contribution in [-0.4, -0.2) is 37.4 Å². The maximum absolute atomic E-state index is 13.5. The van der Waals surface area contributed by atoms with Gasteiger partial charge in [-0.15, -0.1) is 10.2 Å². The molecule has 3 heterocycles. The van der Waals surface area contributed by atoms with Gasteiger partial charge in [0.05, 0.1) is 12.6 Å². The predicted octanol–water partition coefficient (Wildman–Crippen LogP) is 5.93. The molecule has 2 amide bonds. The Morgan fingerprint density at radius 3 is 2.71 bits per heavy atom. The Balaban J connectivity index is 1.40. The van der Waals surface area contributed by atoms with E-state index in [0.717, 1.165) is 41.2 Å². The van der Waals surface area contributed by atoms with Gasteiger partial charge in [0.2, 0.25) is 0 Å². The number of aryl methyl sites for hydroxylation is 3. The molecular formula is C26H27ClN6O2. The van der Waals surface area contributed by atoms with Gasteiger partial charge in [-0.05, 0) is 57.4 Å². The molecule has 8 nitrogen and oxygen atoms in total. The molecule has 1 saturated heterocycles. The van der Waals surface area contributed by atoms with Crippen molar-refractivity contribution in [2.75, 3.05) is 11.9 Å². The van der Waals surface area contributed by atoms with E-state index in [2.05, 4.69) is 25.2 Å². The molecular weight excluding hydrogens is 464 g/mol. The van der Waals surface area contributed by atoms with Gasteiger partial charge in [-0.1, -0.05) is 52.7 Å². The number of likely N-dealkylation sites (tertiary alicyclic amines) is 1. The van der Waals surface area contributed by atoms with E-state index >= 15 is 0 Å². The quantitative estimate of drug-likeness (QED) is 0.374. The molecule has 2 aromatic carbocycles. The lowest BCUT2D eigenvalue weighted by atomic mass is 10.1. The monoisotopic (exact) mass is 490 g/mol. The number of aromatic nitrogens is 4. The number of halogens is 1. The number of carbonyl (C=O) groups is 1. The number of amides is 2. The maximum atomic E-state index is 13.5. The van der Waals surface area contributed by atoms with Gasteiger partial charge in [0.1, 0.15) is 17.2 Å². The second-order valence-corrected chi connectivity index (χ2v) is 9.37. The molecule has 5 rings (SSSR count). The lowest BCUT2D eigenvalue weighted by molar-refractivity contribution is 0.203. The van der Waals surface area contributed by atoms with Crippen LogP contribution < -0.4 is 5.32 Å². The van der Waals surface area contributed by atoms with Crippen molar-refractivity contribution in [1.29, 1.82) is 0 Å². The summed E-state index contributed by atoms with van der Waals surface area (Å²) >= 11 is 6.05. The largest absolute Gasteiger partial charge is 0.359 e. The maximum Gasteiger partial charge on any atom is 0.322 e. The zero-order chi connectivity index (χ0) is 24.5. The summed E-state index contributed by atoms with van der Waals surface area (Å²) in [5, 5.41) is 16.8. The average Bonchev–Trinajstić information content (AvgIpc) is 3.55. The van der Waals surface area contributed by atoms with Crippen LogP contribution >= 0.6 is 11.6 Å². The third kappa shape index (κ3) is 4.66. The van der Waals surface area contributed by atoms with E-state index in [9.17, 15) is 4.79 Å². The highest BCUT2D eigenvalue weighted by Gasteiger charge is 2.35. The van der Waals surface area contributed by atoms with Crippen LogP contribution in [0, 0.1) is 20.8 Å². The molecule has 0 radical (unpaired) electrons. The number of urea groups is 1. The van der Waals surface area contributed by atoms with Crippen LogP contribution in [0.2, 0.25) is 5.02 Å². The molecule has 1 unspecified atom stereocenters. The second kappa shape index (κ2) is 9.54. The Hall–Kier alpha value is -3.65. The van der Waals surface area contributed by atoms with Crippen molar-refractivity contribution in [2.24, 2.45) is 0 Å². The third-order valence-corrected chi connectivity index (χ3v) is 6.67. The van der Waals surface area contributed by atoms with Gasteiger partial charge in [-0.2, -0.15) is 0 Å². The summed E-state index contributed by atoms with van der Waals surface area (Å²) < 4.78 is 7.51. The molecule has 4 aromatic rings. The van der Waals surface area contributed by atoms with E-state index in [4.69, 9.17) is 16.1 Å². The summed E-state index contributed by atoms with van der Waals surface area (Å²) in [6.45, 7) is 6.99. The van der Waals surface area contributed by atoms with Crippen molar-refractivity contribution in [2.45, 2.75) is 46.2 Å². The minimum Gasteiger partial charge on any atom is -0.359 e. The number of hydrogen-bond acceptors (Lipinski definition) is 5. The Labute approximate surface area is 208 Å². The fourth-order valence-corrected chi connectivity index (χ4v) is 4.70. The average molecular weight is 491 g/mol. The molecule has 1 aliphatic heterocycles. The summed E-state index contributed by atoms with van der Waals surface area (Å²) in [7, 11) is 0. The normalized spacial score (nSPS) is 15.5. The first-order valence-corrected chi connectivity index (χ1v) is 12.0. The Kier molecular flexibility index (Phi) is 6.30. The molecule has 1 N–H and O–H groups in total. The molecule has 0 spiro atoms. The van der Waals surface area contributed by atoms with Gasteiger partial charge in [0.25, 0.3) is 0 Å². The standard InChI is InChI=1S/C26H27ClN6O2/c1-16-6-4-7-20(14-16)24-23(17(2)35-31-24)28-26(34)32-13-5-8-22(32)25-30-29-18(3)33(25)15-19-9-11-21(27)12-10-19/h4,6-7,9-12,14,22H,5,8,13,15H2,1-3H3,(H,28,34). The molecule has 0 aliphatic carbocycles. The third-order valence-electron chi connectivity index (χ3n) is 6.42. The van der Waals surface area contributed by atoms with Crippen LogP contribution in [0.25, 0.3) is 11.3 Å². The minimum absolute atomic E-state index is 0.175. The lowest BCUT2D eigenvalue weighted by Crippen LogP contribution is -2.35. The molecule has 9 heteroatoms. The predicted molar refractivity (Wildman–Crippen MR) is 134 cm³/mol. The van der Waals surface area contributed by atoms with Gasteiger partial charge in [0, 0.05) is 17.1 Å². The molecule has 180 valence electrons. The van der Waals surface area contributed by atoms with Gasteiger partial charge in [-0.3, -0.25) is 0 Å². The van der Waals surface area contributed by atoms with Crippen LogP contribution in [-0.2, 0) is 6.54 Å². The number of rotatable bonds is 5. The summed E-state index contributed by atoms with van der Waals surface area (Å²) in [4.78, 5) is 15.3. The van der Waals surface area contributed by atoms with Gasteiger partial charge in [-0.25, -0.2) is 4.79 Å². The van der Waals surface area contributed by atoms with E-state index in [1.807, 2.05) is 67.3 Å². The van der Waals surface area contributed by atoms with Crippen molar-refractivity contribution >= 4 is 23.3 Å². The van der Waals surface area contributed by atoms with E-state index in [1.165, 1.54) is 0 Å². The van der Waals surface area contributed by atoms with E-state index in [1.54, 1.807) is 6.92 Å². The van der Waals surface area contributed by atoms with Crippen molar-refractivity contribution < 1.29 is 9.32 Å². The molecule has 1 fully saturated rings. The van der Waals surface area contributed by atoms with E-state index in [0.29, 0.717) is 35.3 Å². The fraction of sp³-hybridized carbons (Fsp3) is 0.308. The molecule has 2 aromatic heterocycles.